The largest absolute Gasteiger partial charge is 0.449 e. The van der Waals surface area contributed by atoms with Crippen molar-refractivity contribution in [2.75, 3.05) is 5.32 Å². The molecule has 5 nitrogen and oxygen atoms in total. The number of alkyl halides is 3. The smallest absolute Gasteiger partial charge is 0.326 e. The van der Waals surface area contributed by atoms with E-state index in [1.54, 1.807) is 4.98 Å². The highest BCUT2D eigenvalue weighted by atomic mass is 19.4. The molecule has 1 aromatic heterocycles. The van der Waals surface area contributed by atoms with Crippen LogP contribution in [0.1, 0.15) is 25.1 Å². The molecule has 1 saturated carbocycles. The van der Waals surface area contributed by atoms with Crippen LogP contribution in [-0.2, 0) is 11.0 Å². The zero-order valence-electron chi connectivity index (χ0n) is 11.3. The van der Waals surface area contributed by atoms with E-state index in [-0.39, 0.29) is 22.7 Å². The van der Waals surface area contributed by atoms with E-state index < -0.39 is 17.6 Å². The van der Waals surface area contributed by atoms with E-state index in [1.165, 1.54) is 18.2 Å². The lowest BCUT2D eigenvalue weighted by Crippen LogP contribution is -2.28. The summed E-state index contributed by atoms with van der Waals surface area (Å²) in [5.41, 5.74) is -0.591. The second-order valence-electron chi connectivity index (χ2n) is 5.26. The summed E-state index contributed by atoms with van der Waals surface area (Å²) in [6, 6.07) is 4.06. The summed E-state index contributed by atoms with van der Waals surface area (Å²) < 4.78 is 37.8. The standard InChI is InChI=1S/C14H12F3N3O2/c15-14(16,17)13-19-10-5-4-8(6-9(10)12(22)20-13)18-11(21)7-2-1-3-7/h4-7H,1-3H2,(H,18,21)(H,19,20,22). The number of rotatable bonds is 2. The number of halogens is 3. The van der Waals surface area contributed by atoms with Gasteiger partial charge in [0, 0.05) is 11.6 Å². The van der Waals surface area contributed by atoms with Crippen molar-refractivity contribution in [2.45, 2.75) is 25.4 Å². The first-order valence-corrected chi connectivity index (χ1v) is 6.77. The number of amides is 1. The molecule has 0 radical (unpaired) electrons. The van der Waals surface area contributed by atoms with Crippen molar-refractivity contribution in [3.05, 3.63) is 34.4 Å². The molecule has 22 heavy (non-hydrogen) atoms. The molecule has 116 valence electrons. The second kappa shape index (κ2) is 5.11. The minimum atomic E-state index is -4.72. The third-order valence-corrected chi connectivity index (χ3v) is 3.72. The van der Waals surface area contributed by atoms with E-state index in [0.717, 1.165) is 19.3 Å². The minimum absolute atomic E-state index is 0.000547. The normalized spacial score (nSPS) is 15.6. The van der Waals surface area contributed by atoms with Gasteiger partial charge in [0.1, 0.15) is 0 Å². The molecule has 8 heteroatoms. The second-order valence-corrected chi connectivity index (χ2v) is 5.26. The van der Waals surface area contributed by atoms with E-state index in [1.807, 2.05) is 0 Å². The number of hydrogen-bond acceptors (Lipinski definition) is 3. The summed E-state index contributed by atoms with van der Waals surface area (Å²) in [4.78, 5) is 28.7. The van der Waals surface area contributed by atoms with Crippen LogP contribution in [0.4, 0.5) is 18.9 Å². The maximum Gasteiger partial charge on any atom is 0.449 e. The van der Waals surface area contributed by atoms with E-state index in [0.29, 0.717) is 5.69 Å². The van der Waals surface area contributed by atoms with Crippen LogP contribution < -0.4 is 10.9 Å². The maximum absolute atomic E-state index is 12.6. The average Bonchev–Trinajstić information content (AvgIpc) is 2.36. The molecule has 0 saturated heterocycles. The van der Waals surface area contributed by atoms with Gasteiger partial charge in [0.05, 0.1) is 10.9 Å². The van der Waals surface area contributed by atoms with Crippen LogP contribution in [-0.4, -0.2) is 15.9 Å². The SMILES string of the molecule is O=C(Nc1ccc2nc(C(F)(F)F)[nH]c(=O)c2c1)C1CCC1. The van der Waals surface area contributed by atoms with Gasteiger partial charge in [0.15, 0.2) is 0 Å². The third kappa shape index (κ3) is 2.68. The zero-order chi connectivity index (χ0) is 15.9. The van der Waals surface area contributed by atoms with Crippen molar-refractivity contribution in [3.8, 4) is 0 Å². The highest BCUT2D eigenvalue weighted by molar-refractivity contribution is 5.95. The van der Waals surface area contributed by atoms with Crippen LogP contribution in [0.3, 0.4) is 0 Å². The van der Waals surface area contributed by atoms with Gasteiger partial charge in [-0.1, -0.05) is 6.42 Å². The Balaban J connectivity index is 1.94. The highest BCUT2D eigenvalue weighted by Crippen LogP contribution is 2.29. The van der Waals surface area contributed by atoms with Crippen molar-refractivity contribution in [1.82, 2.24) is 9.97 Å². The molecule has 0 bridgehead atoms. The van der Waals surface area contributed by atoms with Crippen molar-refractivity contribution in [3.63, 3.8) is 0 Å². The Labute approximate surface area is 122 Å². The minimum Gasteiger partial charge on any atom is -0.326 e. The monoisotopic (exact) mass is 311 g/mol. The van der Waals surface area contributed by atoms with Crippen LogP contribution in [0.2, 0.25) is 0 Å². The van der Waals surface area contributed by atoms with Crippen molar-refractivity contribution >= 4 is 22.5 Å². The number of benzene rings is 1. The Morgan fingerprint density at radius 3 is 2.64 bits per heavy atom. The molecule has 1 fully saturated rings. The van der Waals surface area contributed by atoms with Gasteiger partial charge < -0.3 is 10.3 Å². The number of nitrogens with one attached hydrogen (secondary N) is 2. The predicted octanol–water partition coefficient (Wildman–Crippen LogP) is 2.68. The van der Waals surface area contributed by atoms with Crippen LogP contribution in [0.5, 0.6) is 0 Å². The fourth-order valence-electron chi connectivity index (χ4n) is 2.27. The van der Waals surface area contributed by atoms with Crippen LogP contribution in [0.25, 0.3) is 10.9 Å². The number of fused-ring (bicyclic) bond motifs is 1. The number of carbonyl (C=O) groups is 1. The molecule has 3 rings (SSSR count). The van der Waals surface area contributed by atoms with Crippen LogP contribution >= 0.6 is 0 Å². The molecule has 0 aliphatic heterocycles. The molecule has 0 atom stereocenters. The van der Waals surface area contributed by atoms with Gasteiger partial charge in [-0.25, -0.2) is 4.98 Å². The number of aromatic nitrogens is 2. The zero-order valence-corrected chi connectivity index (χ0v) is 11.3. The van der Waals surface area contributed by atoms with Crippen molar-refractivity contribution in [2.24, 2.45) is 5.92 Å². The summed E-state index contributed by atoms with van der Waals surface area (Å²) in [6.07, 6.45) is -2.04. The molecule has 1 heterocycles. The molecule has 2 N–H and O–H groups in total. The summed E-state index contributed by atoms with van der Waals surface area (Å²) in [6.45, 7) is 0. The Morgan fingerprint density at radius 2 is 2.05 bits per heavy atom. The Kier molecular flexibility index (Phi) is 3.38. The van der Waals surface area contributed by atoms with Gasteiger partial charge in [0.25, 0.3) is 5.56 Å². The van der Waals surface area contributed by atoms with Gasteiger partial charge in [-0.3, -0.25) is 9.59 Å². The maximum atomic E-state index is 12.6. The van der Waals surface area contributed by atoms with Gasteiger partial charge in [-0.2, -0.15) is 13.2 Å². The lowest BCUT2D eigenvalue weighted by molar-refractivity contribution is -0.144. The molecular weight excluding hydrogens is 299 g/mol. The fraction of sp³-hybridized carbons (Fsp3) is 0.357. The third-order valence-electron chi connectivity index (χ3n) is 3.72. The average molecular weight is 311 g/mol. The van der Waals surface area contributed by atoms with Gasteiger partial charge >= 0.3 is 6.18 Å². The number of hydrogen-bond donors (Lipinski definition) is 2. The Morgan fingerprint density at radius 1 is 1.32 bits per heavy atom. The van der Waals surface area contributed by atoms with Crippen molar-refractivity contribution < 1.29 is 18.0 Å². The fourth-order valence-corrected chi connectivity index (χ4v) is 2.27. The first kappa shape index (κ1) is 14.6. The van der Waals surface area contributed by atoms with E-state index >= 15 is 0 Å². The Bertz CT molecular complexity index is 794. The summed E-state index contributed by atoms with van der Waals surface area (Å²) in [5.74, 6) is -1.50. The number of carbonyl (C=O) groups excluding carboxylic acids is 1. The number of H-pyrrole nitrogens is 1. The molecular formula is C14H12F3N3O2. The molecule has 0 spiro atoms. The topological polar surface area (TPSA) is 74.8 Å². The first-order valence-electron chi connectivity index (χ1n) is 6.77. The predicted molar refractivity (Wildman–Crippen MR) is 73.3 cm³/mol. The molecule has 1 aliphatic rings. The molecule has 1 aliphatic carbocycles. The van der Waals surface area contributed by atoms with Crippen LogP contribution in [0.15, 0.2) is 23.0 Å². The first-order chi connectivity index (χ1) is 10.3. The Hall–Kier alpha value is -2.38. The molecule has 1 aromatic carbocycles. The number of aromatic amines is 1. The number of anilines is 1. The van der Waals surface area contributed by atoms with Gasteiger partial charge in [-0.05, 0) is 31.0 Å². The van der Waals surface area contributed by atoms with E-state index in [9.17, 15) is 22.8 Å². The molecule has 2 aromatic rings. The summed E-state index contributed by atoms with van der Waals surface area (Å²) in [5, 5.41) is 2.67. The number of nitrogens with zero attached hydrogens (tertiary/aromatic N) is 1. The van der Waals surface area contributed by atoms with Gasteiger partial charge in [0.2, 0.25) is 11.7 Å². The summed E-state index contributed by atoms with van der Waals surface area (Å²) in [7, 11) is 0. The van der Waals surface area contributed by atoms with E-state index in [4.69, 9.17) is 0 Å². The van der Waals surface area contributed by atoms with E-state index in [2.05, 4.69) is 10.3 Å². The highest BCUT2D eigenvalue weighted by Gasteiger charge is 2.34. The molecule has 1 amide bonds. The summed E-state index contributed by atoms with van der Waals surface area (Å²) >= 11 is 0. The van der Waals surface area contributed by atoms with Gasteiger partial charge in [-0.15, -0.1) is 0 Å². The lowest BCUT2D eigenvalue weighted by atomic mass is 9.85. The quantitative estimate of drug-likeness (QED) is 0.895. The van der Waals surface area contributed by atoms with Crippen molar-refractivity contribution in [1.29, 1.82) is 0 Å². The lowest BCUT2D eigenvalue weighted by Gasteiger charge is -2.24. The van der Waals surface area contributed by atoms with Crippen LogP contribution in [0, 0.1) is 5.92 Å². The molecule has 0 unspecified atom stereocenters.